The van der Waals surface area contributed by atoms with Crippen LogP contribution in [0.2, 0.25) is 0 Å². The van der Waals surface area contributed by atoms with Gasteiger partial charge in [0.15, 0.2) is 0 Å². The highest BCUT2D eigenvalue weighted by molar-refractivity contribution is 5.86. The number of rotatable bonds is 3. The summed E-state index contributed by atoms with van der Waals surface area (Å²) in [6.45, 7) is -0.222. The average Bonchev–Trinajstić information content (AvgIpc) is 2.94. The first kappa shape index (κ1) is 10.1. The SMILES string of the molecule is O=C(O)C1(c2ccccc2F)CC1CO. The Labute approximate surface area is 86.2 Å². The van der Waals surface area contributed by atoms with Gasteiger partial charge in [0, 0.05) is 18.1 Å². The van der Waals surface area contributed by atoms with Crippen LogP contribution in [0.5, 0.6) is 0 Å². The molecule has 0 aromatic heterocycles. The van der Waals surface area contributed by atoms with Crippen molar-refractivity contribution in [1.82, 2.24) is 0 Å². The maximum atomic E-state index is 13.5. The summed E-state index contributed by atoms with van der Waals surface area (Å²) in [6, 6.07) is 5.84. The molecular formula is C11H11FO3. The molecule has 0 spiro atoms. The number of hydrogen-bond donors (Lipinski definition) is 2. The Morgan fingerprint density at radius 3 is 2.67 bits per heavy atom. The molecule has 1 saturated carbocycles. The Morgan fingerprint density at radius 1 is 1.53 bits per heavy atom. The molecule has 3 nitrogen and oxygen atoms in total. The van der Waals surface area contributed by atoms with Crippen LogP contribution in [0.25, 0.3) is 0 Å². The van der Waals surface area contributed by atoms with E-state index >= 15 is 0 Å². The fraction of sp³-hybridized carbons (Fsp3) is 0.364. The highest BCUT2D eigenvalue weighted by Crippen LogP contribution is 2.54. The normalized spacial score (nSPS) is 28.8. The van der Waals surface area contributed by atoms with Gasteiger partial charge in [-0.3, -0.25) is 4.79 Å². The lowest BCUT2D eigenvalue weighted by Crippen LogP contribution is -2.24. The molecule has 0 aliphatic heterocycles. The minimum Gasteiger partial charge on any atom is -0.481 e. The maximum Gasteiger partial charge on any atom is 0.314 e. The Bertz CT molecular complexity index is 405. The van der Waals surface area contributed by atoms with Crippen LogP contribution in [0.15, 0.2) is 24.3 Å². The molecule has 0 radical (unpaired) electrons. The Kier molecular flexibility index (Phi) is 2.23. The zero-order valence-corrected chi connectivity index (χ0v) is 7.98. The van der Waals surface area contributed by atoms with Crippen molar-refractivity contribution in [3.05, 3.63) is 35.6 Å². The average molecular weight is 210 g/mol. The Morgan fingerprint density at radius 2 is 2.20 bits per heavy atom. The third-order valence-corrected chi connectivity index (χ3v) is 3.06. The molecule has 1 aromatic carbocycles. The van der Waals surface area contributed by atoms with Crippen LogP contribution in [0.4, 0.5) is 4.39 Å². The standard InChI is InChI=1S/C11H11FO3/c12-9-4-2-1-3-8(9)11(10(14)15)5-7(11)6-13/h1-4,7,13H,5-6H2,(H,14,15). The topological polar surface area (TPSA) is 57.5 Å². The molecule has 4 heteroatoms. The summed E-state index contributed by atoms with van der Waals surface area (Å²) >= 11 is 0. The van der Waals surface area contributed by atoms with Gasteiger partial charge in [0.05, 0.1) is 0 Å². The van der Waals surface area contributed by atoms with E-state index in [1.54, 1.807) is 6.07 Å². The van der Waals surface area contributed by atoms with Crippen molar-refractivity contribution in [2.75, 3.05) is 6.61 Å². The van der Waals surface area contributed by atoms with Gasteiger partial charge in [-0.2, -0.15) is 0 Å². The smallest absolute Gasteiger partial charge is 0.314 e. The van der Waals surface area contributed by atoms with E-state index in [-0.39, 0.29) is 18.1 Å². The molecule has 1 aliphatic rings. The third-order valence-electron chi connectivity index (χ3n) is 3.06. The molecule has 2 rings (SSSR count). The van der Waals surface area contributed by atoms with E-state index in [0.29, 0.717) is 6.42 Å². The van der Waals surface area contributed by atoms with Crippen molar-refractivity contribution in [2.24, 2.45) is 5.92 Å². The zero-order valence-electron chi connectivity index (χ0n) is 7.98. The lowest BCUT2D eigenvalue weighted by atomic mass is 9.93. The number of aliphatic carboxylic acids is 1. The van der Waals surface area contributed by atoms with Gasteiger partial charge in [-0.15, -0.1) is 0 Å². The zero-order chi connectivity index (χ0) is 11.1. The van der Waals surface area contributed by atoms with E-state index in [1.165, 1.54) is 18.2 Å². The summed E-state index contributed by atoms with van der Waals surface area (Å²) < 4.78 is 13.5. The van der Waals surface area contributed by atoms with Gasteiger partial charge in [-0.1, -0.05) is 18.2 Å². The molecule has 2 unspecified atom stereocenters. The van der Waals surface area contributed by atoms with Gasteiger partial charge in [0.25, 0.3) is 0 Å². The molecule has 2 N–H and O–H groups in total. The molecule has 15 heavy (non-hydrogen) atoms. The second kappa shape index (κ2) is 3.31. The van der Waals surface area contributed by atoms with Crippen molar-refractivity contribution < 1.29 is 19.4 Å². The van der Waals surface area contributed by atoms with Crippen molar-refractivity contribution in [3.8, 4) is 0 Å². The minimum absolute atomic E-state index is 0.177. The first-order valence-electron chi connectivity index (χ1n) is 4.72. The molecule has 0 saturated heterocycles. The summed E-state index contributed by atoms with van der Waals surface area (Å²) in [4.78, 5) is 11.1. The fourth-order valence-corrected chi connectivity index (χ4v) is 2.08. The summed E-state index contributed by atoms with van der Waals surface area (Å²) in [5, 5.41) is 18.1. The first-order chi connectivity index (χ1) is 7.13. The van der Waals surface area contributed by atoms with Gasteiger partial charge in [0.2, 0.25) is 0 Å². The number of aliphatic hydroxyl groups is 1. The predicted molar refractivity (Wildman–Crippen MR) is 50.9 cm³/mol. The lowest BCUT2D eigenvalue weighted by molar-refractivity contribution is -0.140. The molecule has 2 atom stereocenters. The maximum absolute atomic E-state index is 13.5. The molecule has 0 heterocycles. The van der Waals surface area contributed by atoms with Gasteiger partial charge in [0.1, 0.15) is 11.2 Å². The second-order valence-electron chi connectivity index (χ2n) is 3.84. The van der Waals surface area contributed by atoms with Gasteiger partial charge < -0.3 is 10.2 Å². The van der Waals surface area contributed by atoms with Crippen molar-refractivity contribution in [2.45, 2.75) is 11.8 Å². The summed E-state index contributed by atoms with van der Waals surface area (Å²) in [5.41, 5.74) is -1.03. The van der Waals surface area contributed by atoms with Crippen LogP contribution in [0, 0.1) is 11.7 Å². The number of hydrogen-bond acceptors (Lipinski definition) is 2. The van der Waals surface area contributed by atoms with E-state index < -0.39 is 17.2 Å². The monoisotopic (exact) mass is 210 g/mol. The number of benzene rings is 1. The number of carboxylic acid groups (broad SMARTS) is 1. The molecule has 1 fully saturated rings. The minimum atomic E-state index is -1.21. The summed E-state index contributed by atoms with van der Waals surface area (Å²) in [6.07, 6.45) is 0.305. The molecule has 1 aromatic rings. The van der Waals surface area contributed by atoms with E-state index in [1.807, 2.05) is 0 Å². The van der Waals surface area contributed by atoms with Crippen LogP contribution in [0.1, 0.15) is 12.0 Å². The fourth-order valence-electron chi connectivity index (χ4n) is 2.08. The summed E-state index contributed by atoms with van der Waals surface area (Å²) in [7, 11) is 0. The van der Waals surface area contributed by atoms with E-state index in [2.05, 4.69) is 0 Å². The van der Waals surface area contributed by atoms with E-state index in [9.17, 15) is 9.18 Å². The highest BCUT2D eigenvalue weighted by Gasteiger charge is 2.62. The molecule has 0 bridgehead atoms. The Balaban J connectivity index is 2.45. The van der Waals surface area contributed by atoms with Crippen LogP contribution in [-0.2, 0) is 10.2 Å². The number of halogens is 1. The molecule has 0 amide bonds. The third kappa shape index (κ3) is 1.33. The van der Waals surface area contributed by atoms with Crippen LogP contribution < -0.4 is 0 Å². The van der Waals surface area contributed by atoms with Gasteiger partial charge in [-0.05, 0) is 12.5 Å². The van der Waals surface area contributed by atoms with E-state index in [0.717, 1.165) is 0 Å². The predicted octanol–water partition coefficient (Wildman–Crippen LogP) is 1.16. The van der Waals surface area contributed by atoms with Crippen molar-refractivity contribution in [1.29, 1.82) is 0 Å². The van der Waals surface area contributed by atoms with E-state index in [4.69, 9.17) is 10.2 Å². The lowest BCUT2D eigenvalue weighted by Gasteiger charge is -2.12. The van der Waals surface area contributed by atoms with Gasteiger partial charge in [-0.25, -0.2) is 4.39 Å². The number of carbonyl (C=O) groups is 1. The summed E-state index contributed by atoms with van der Waals surface area (Å²) in [5.74, 6) is -1.95. The highest BCUT2D eigenvalue weighted by atomic mass is 19.1. The van der Waals surface area contributed by atoms with Crippen LogP contribution in [0.3, 0.4) is 0 Å². The first-order valence-corrected chi connectivity index (χ1v) is 4.72. The molecule has 1 aliphatic carbocycles. The molecular weight excluding hydrogens is 199 g/mol. The van der Waals surface area contributed by atoms with Crippen LogP contribution >= 0.6 is 0 Å². The van der Waals surface area contributed by atoms with Crippen molar-refractivity contribution in [3.63, 3.8) is 0 Å². The quantitative estimate of drug-likeness (QED) is 0.787. The Hall–Kier alpha value is -1.42. The second-order valence-corrected chi connectivity index (χ2v) is 3.84. The number of carboxylic acids is 1. The van der Waals surface area contributed by atoms with Crippen LogP contribution in [-0.4, -0.2) is 22.8 Å². The largest absolute Gasteiger partial charge is 0.481 e. The number of aliphatic hydroxyl groups excluding tert-OH is 1. The molecule has 80 valence electrons. The van der Waals surface area contributed by atoms with Crippen molar-refractivity contribution >= 4 is 5.97 Å². The van der Waals surface area contributed by atoms with Gasteiger partial charge >= 0.3 is 5.97 Å².